The van der Waals surface area contributed by atoms with Crippen molar-refractivity contribution >= 4 is 23.6 Å². The van der Waals surface area contributed by atoms with Gasteiger partial charge >= 0.3 is 6.09 Å². The first-order chi connectivity index (χ1) is 12.6. The van der Waals surface area contributed by atoms with Crippen LogP contribution in [0, 0.1) is 0 Å². The van der Waals surface area contributed by atoms with Crippen LogP contribution < -0.4 is 10.6 Å². The van der Waals surface area contributed by atoms with Crippen LogP contribution in [0.2, 0.25) is 0 Å². The summed E-state index contributed by atoms with van der Waals surface area (Å²) >= 11 is 0. The van der Waals surface area contributed by atoms with Crippen LogP contribution in [-0.2, 0) is 9.53 Å². The van der Waals surface area contributed by atoms with E-state index < -0.39 is 0 Å². The third-order valence-electron chi connectivity index (χ3n) is 3.87. The molecule has 26 heavy (non-hydrogen) atoms. The number of para-hydroxylation sites is 1. The number of benzene rings is 1. The van der Waals surface area contributed by atoms with Gasteiger partial charge in [0.25, 0.3) is 0 Å². The summed E-state index contributed by atoms with van der Waals surface area (Å²) in [5, 5.41) is 6.02. The Bertz CT molecular complexity index is 613. The molecule has 0 bridgehead atoms. The molecule has 8 nitrogen and oxygen atoms in total. The molecule has 1 saturated heterocycles. The third kappa shape index (κ3) is 5.94. The number of amides is 2. The quantitative estimate of drug-likeness (QED) is 0.611. The average molecular weight is 361 g/mol. The number of hydrogen-bond acceptors (Lipinski definition) is 4. The number of hydrogen-bond donors (Lipinski definition) is 2. The van der Waals surface area contributed by atoms with Gasteiger partial charge in [-0.2, -0.15) is 0 Å². The SMILES string of the molecule is CCNC(=NCC(=O)Nc1ccccc1)N1CCN(C(=O)OCC)CC1. The van der Waals surface area contributed by atoms with Gasteiger partial charge in [-0.1, -0.05) is 18.2 Å². The van der Waals surface area contributed by atoms with Crippen molar-refractivity contribution in [2.75, 3.05) is 51.2 Å². The second-order valence-electron chi connectivity index (χ2n) is 5.76. The first kappa shape index (κ1) is 19.6. The Morgan fingerprint density at radius 1 is 1.08 bits per heavy atom. The first-order valence-corrected chi connectivity index (χ1v) is 8.94. The number of carbonyl (C=O) groups is 2. The molecule has 1 aliphatic heterocycles. The molecule has 1 aliphatic rings. The number of rotatable bonds is 5. The van der Waals surface area contributed by atoms with E-state index in [-0.39, 0.29) is 18.5 Å². The fourth-order valence-electron chi connectivity index (χ4n) is 2.61. The Balaban J connectivity index is 1.88. The normalized spacial score (nSPS) is 14.8. The standard InChI is InChI=1S/C18H27N5O3/c1-3-19-17(20-14-16(24)21-15-8-6-5-7-9-15)22-10-12-23(13-11-22)18(25)26-4-2/h5-9H,3-4,10-14H2,1-2H3,(H,19,20)(H,21,24). The minimum Gasteiger partial charge on any atom is -0.450 e. The molecule has 1 aromatic rings. The van der Waals surface area contributed by atoms with Crippen molar-refractivity contribution < 1.29 is 14.3 Å². The molecule has 2 rings (SSSR count). The van der Waals surface area contributed by atoms with Gasteiger partial charge in [-0.05, 0) is 26.0 Å². The number of nitrogens with one attached hydrogen (secondary N) is 2. The van der Waals surface area contributed by atoms with E-state index in [4.69, 9.17) is 4.74 Å². The number of guanidine groups is 1. The minimum absolute atomic E-state index is 0.0370. The zero-order chi connectivity index (χ0) is 18.8. The summed E-state index contributed by atoms with van der Waals surface area (Å²) in [5.74, 6) is 0.510. The Labute approximate surface area is 154 Å². The van der Waals surface area contributed by atoms with Crippen LogP contribution in [0.1, 0.15) is 13.8 Å². The van der Waals surface area contributed by atoms with Gasteiger partial charge in [0, 0.05) is 38.4 Å². The maximum absolute atomic E-state index is 12.1. The van der Waals surface area contributed by atoms with Gasteiger partial charge in [0.2, 0.25) is 5.91 Å². The van der Waals surface area contributed by atoms with Gasteiger partial charge in [0.05, 0.1) is 6.61 Å². The number of carbonyl (C=O) groups excluding carboxylic acids is 2. The lowest BCUT2D eigenvalue weighted by atomic mass is 10.3. The van der Waals surface area contributed by atoms with E-state index in [9.17, 15) is 9.59 Å². The van der Waals surface area contributed by atoms with E-state index in [2.05, 4.69) is 20.5 Å². The van der Waals surface area contributed by atoms with Gasteiger partial charge in [-0.15, -0.1) is 0 Å². The summed E-state index contributed by atoms with van der Waals surface area (Å²) in [6, 6.07) is 9.30. The highest BCUT2D eigenvalue weighted by Crippen LogP contribution is 2.06. The van der Waals surface area contributed by atoms with E-state index in [0.717, 1.165) is 5.69 Å². The van der Waals surface area contributed by atoms with Crippen molar-refractivity contribution in [1.29, 1.82) is 0 Å². The fraction of sp³-hybridized carbons (Fsp3) is 0.500. The van der Waals surface area contributed by atoms with Crippen LogP contribution in [0.15, 0.2) is 35.3 Å². The number of nitrogens with zero attached hydrogens (tertiary/aromatic N) is 3. The molecule has 142 valence electrons. The molecule has 0 unspecified atom stereocenters. The lowest BCUT2D eigenvalue weighted by Gasteiger charge is -2.35. The average Bonchev–Trinajstić information content (AvgIpc) is 2.66. The van der Waals surface area contributed by atoms with Crippen LogP contribution in [0.5, 0.6) is 0 Å². The lowest BCUT2D eigenvalue weighted by molar-refractivity contribution is -0.114. The van der Waals surface area contributed by atoms with E-state index in [1.807, 2.05) is 37.3 Å². The number of piperazine rings is 1. The zero-order valence-electron chi connectivity index (χ0n) is 15.4. The topological polar surface area (TPSA) is 86.3 Å². The summed E-state index contributed by atoms with van der Waals surface area (Å²) < 4.78 is 5.03. The number of aliphatic imine (C=N–C) groups is 1. The van der Waals surface area contributed by atoms with E-state index in [0.29, 0.717) is 45.3 Å². The van der Waals surface area contributed by atoms with E-state index in [1.54, 1.807) is 11.8 Å². The van der Waals surface area contributed by atoms with E-state index in [1.165, 1.54) is 0 Å². The second-order valence-corrected chi connectivity index (χ2v) is 5.76. The molecule has 1 heterocycles. The highest BCUT2D eigenvalue weighted by molar-refractivity contribution is 5.94. The fourth-order valence-corrected chi connectivity index (χ4v) is 2.61. The summed E-state index contributed by atoms with van der Waals surface area (Å²) in [4.78, 5) is 32.0. The molecule has 2 amide bonds. The monoisotopic (exact) mass is 361 g/mol. The van der Waals surface area contributed by atoms with Crippen molar-refractivity contribution in [3.63, 3.8) is 0 Å². The molecule has 1 aromatic carbocycles. The highest BCUT2D eigenvalue weighted by Gasteiger charge is 2.23. The minimum atomic E-state index is -0.281. The van der Waals surface area contributed by atoms with Gasteiger partial charge in [-0.3, -0.25) is 4.79 Å². The predicted molar refractivity (Wildman–Crippen MR) is 101 cm³/mol. The molecule has 0 aliphatic carbocycles. The number of anilines is 1. The predicted octanol–water partition coefficient (Wildman–Crippen LogP) is 1.36. The zero-order valence-corrected chi connectivity index (χ0v) is 15.4. The summed E-state index contributed by atoms with van der Waals surface area (Å²) in [5.41, 5.74) is 0.751. The molecule has 8 heteroatoms. The van der Waals surface area contributed by atoms with Crippen LogP contribution in [0.25, 0.3) is 0 Å². The number of ether oxygens (including phenoxy) is 1. The summed E-state index contributed by atoms with van der Waals surface area (Å²) in [6.45, 7) is 7.32. The lowest BCUT2D eigenvalue weighted by Crippen LogP contribution is -2.54. The first-order valence-electron chi connectivity index (χ1n) is 8.94. The van der Waals surface area contributed by atoms with Crippen molar-refractivity contribution in [3.8, 4) is 0 Å². The summed E-state index contributed by atoms with van der Waals surface area (Å²) in [7, 11) is 0. The van der Waals surface area contributed by atoms with Crippen molar-refractivity contribution in [2.24, 2.45) is 4.99 Å². The van der Waals surface area contributed by atoms with Gasteiger partial charge in [0.15, 0.2) is 5.96 Å². The third-order valence-corrected chi connectivity index (χ3v) is 3.87. The van der Waals surface area contributed by atoms with Crippen LogP contribution in [-0.4, -0.2) is 73.6 Å². The molecule has 0 atom stereocenters. The Hall–Kier alpha value is -2.77. The molecule has 0 saturated carbocycles. The molecular formula is C18H27N5O3. The molecule has 0 spiro atoms. The highest BCUT2D eigenvalue weighted by atomic mass is 16.6. The van der Waals surface area contributed by atoms with Crippen LogP contribution in [0.3, 0.4) is 0 Å². The molecular weight excluding hydrogens is 334 g/mol. The molecule has 0 aromatic heterocycles. The Kier molecular flexibility index (Phi) is 7.73. The smallest absolute Gasteiger partial charge is 0.409 e. The van der Waals surface area contributed by atoms with Crippen LogP contribution in [0.4, 0.5) is 10.5 Å². The van der Waals surface area contributed by atoms with Crippen molar-refractivity contribution in [3.05, 3.63) is 30.3 Å². The van der Waals surface area contributed by atoms with Gasteiger partial charge in [-0.25, -0.2) is 9.79 Å². The molecule has 2 N–H and O–H groups in total. The molecule has 1 fully saturated rings. The van der Waals surface area contributed by atoms with E-state index >= 15 is 0 Å². The largest absolute Gasteiger partial charge is 0.450 e. The maximum Gasteiger partial charge on any atom is 0.409 e. The van der Waals surface area contributed by atoms with Crippen molar-refractivity contribution in [2.45, 2.75) is 13.8 Å². The van der Waals surface area contributed by atoms with Crippen LogP contribution >= 0.6 is 0 Å². The van der Waals surface area contributed by atoms with Crippen molar-refractivity contribution in [1.82, 2.24) is 15.1 Å². The van der Waals surface area contributed by atoms with Gasteiger partial charge < -0.3 is 25.2 Å². The van der Waals surface area contributed by atoms with Gasteiger partial charge in [0.1, 0.15) is 6.54 Å². The summed E-state index contributed by atoms with van der Waals surface area (Å²) in [6.07, 6.45) is -0.281. The molecule has 0 radical (unpaired) electrons. The second kappa shape index (κ2) is 10.3. The Morgan fingerprint density at radius 3 is 2.35 bits per heavy atom. The maximum atomic E-state index is 12.1. The Morgan fingerprint density at radius 2 is 1.73 bits per heavy atom.